The van der Waals surface area contributed by atoms with E-state index in [4.69, 9.17) is 4.74 Å². The van der Waals surface area contributed by atoms with Crippen LogP contribution in [0.4, 0.5) is 0 Å². The fraction of sp³-hybridized carbons (Fsp3) is 0.812. The van der Waals surface area contributed by atoms with Crippen LogP contribution in [-0.4, -0.2) is 58.5 Å². The zero-order valence-corrected chi connectivity index (χ0v) is 14.6. The van der Waals surface area contributed by atoms with E-state index in [0.29, 0.717) is 24.1 Å². The molecule has 2 aliphatic carbocycles. The van der Waals surface area contributed by atoms with Gasteiger partial charge in [0.15, 0.2) is 5.96 Å². The summed E-state index contributed by atoms with van der Waals surface area (Å²) in [6.07, 6.45) is 6.92. The molecule has 1 heterocycles. The minimum absolute atomic E-state index is 0.331. The SMILES string of the molecule is CCOC1CC(NC(=NC)N(C)Cc2ncnn2C)C12CCC2. The number of ether oxygens (including phenoxy) is 1. The van der Waals surface area contributed by atoms with Crippen molar-refractivity contribution >= 4 is 5.96 Å². The van der Waals surface area contributed by atoms with Crippen molar-refractivity contribution in [1.82, 2.24) is 25.0 Å². The Morgan fingerprint density at radius 2 is 2.35 bits per heavy atom. The minimum atomic E-state index is 0.331. The van der Waals surface area contributed by atoms with Crippen molar-refractivity contribution in [3.63, 3.8) is 0 Å². The molecule has 0 aromatic carbocycles. The first-order valence-corrected chi connectivity index (χ1v) is 8.49. The number of guanidine groups is 1. The van der Waals surface area contributed by atoms with E-state index in [0.717, 1.165) is 24.8 Å². The van der Waals surface area contributed by atoms with Gasteiger partial charge in [-0.25, -0.2) is 4.98 Å². The van der Waals surface area contributed by atoms with Crippen LogP contribution in [0.1, 0.15) is 38.4 Å². The van der Waals surface area contributed by atoms with Crippen molar-refractivity contribution in [2.45, 2.75) is 51.3 Å². The highest BCUT2D eigenvalue weighted by Crippen LogP contribution is 2.57. The highest BCUT2D eigenvalue weighted by Gasteiger charge is 2.59. The van der Waals surface area contributed by atoms with Crippen molar-refractivity contribution in [2.24, 2.45) is 17.5 Å². The molecule has 7 nitrogen and oxygen atoms in total. The van der Waals surface area contributed by atoms with Crippen molar-refractivity contribution in [1.29, 1.82) is 0 Å². The number of nitrogens with zero attached hydrogens (tertiary/aromatic N) is 5. The normalized spacial score (nSPS) is 25.8. The van der Waals surface area contributed by atoms with Crippen LogP contribution in [0.2, 0.25) is 0 Å². The Morgan fingerprint density at radius 1 is 1.57 bits per heavy atom. The van der Waals surface area contributed by atoms with Gasteiger partial charge in [0, 0.05) is 39.2 Å². The molecular formula is C16H28N6O. The lowest BCUT2D eigenvalue weighted by atomic mass is 9.51. The minimum Gasteiger partial charge on any atom is -0.378 e. The Morgan fingerprint density at radius 3 is 2.87 bits per heavy atom. The molecule has 0 radical (unpaired) electrons. The fourth-order valence-corrected chi connectivity index (χ4v) is 3.89. The van der Waals surface area contributed by atoms with E-state index in [1.165, 1.54) is 19.3 Å². The topological polar surface area (TPSA) is 67.6 Å². The molecule has 23 heavy (non-hydrogen) atoms. The molecule has 3 rings (SSSR count). The average Bonchev–Trinajstić information content (AvgIpc) is 2.85. The van der Waals surface area contributed by atoms with Gasteiger partial charge >= 0.3 is 0 Å². The van der Waals surface area contributed by atoms with Gasteiger partial charge < -0.3 is 15.0 Å². The summed E-state index contributed by atoms with van der Waals surface area (Å²) in [4.78, 5) is 10.8. The van der Waals surface area contributed by atoms with Gasteiger partial charge in [0.1, 0.15) is 12.2 Å². The smallest absolute Gasteiger partial charge is 0.194 e. The van der Waals surface area contributed by atoms with Gasteiger partial charge in [0.25, 0.3) is 0 Å². The third-order valence-corrected chi connectivity index (χ3v) is 5.50. The molecular weight excluding hydrogens is 292 g/mol. The monoisotopic (exact) mass is 320 g/mol. The summed E-state index contributed by atoms with van der Waals surface area (Å²) >= 11 is 0. The lowest BCUT2D eigenvalue weighted by Crippen LogP contribution is -2.68. The predicted molar refractivity (Wildman–Crippen MR) is 89.1 cm³/mol. The summed E-state index contributed by atoms with van der Waals surface area (Å²) < 4.78 is 7.72. The van der Waals surface area contributed by atoms with E-state index in [2.05, 4.69) is 32.2 Å². The maximum Gasteiger partial charge on any atom is 0.194 e. The van der Waals surface area contributed by atoms with Crippen molar-refractivity contribution in [3.8, 4) is 0 Å². The van der Waals surface area contributed by atoms with Crippen LogP contribution in [0.15, 0.2) is 11.3 Å². The largest absolute Gasteiger partial charge is 0.378 e. The van der Waals surface area contributed by atoms with Crippen LogP contribution in [0.25, 0.3) is 0 Å². The Bertz CT molecular complexity index is 565. The average molecular weight is 320 g/mol. The Labute approximate surface area is 138 Å². The van der Waals surface area contributed by atoms with Crippen molar-refractivity contribution in [3.05, 3.63) is 12.2 Å². The summed E-state index contributed by atoms with van der Waals surface area (Å²) in [5.74, 6) is 1.84. The molecule has 2 fully saturated rings. The van der Waals surface area contributed by atoms with Gasteiger partial charge in [0.2, 0.25) is 0 Å². The van der Waals surface area contributed by atoms with Crippen LogP contribution in [0.5, 0.6) is 0 Å². The number of rotatable bonds is 5. The molecule has 1 N–H and O–H groups in total. The number of aryl methyl sites for hydroxylation is 1. The summed E-state index contributed by atoms with van der Waals surface area (Å²) in [5, 5.41) is 7.78. The number of hydrogen-bond donors (Lipinski definition) is 1. The molecule has 2 saturated carbocycles. The van der Waals surface area contributed by atoms with E-state index >= 15 is 0 Å². The second-order valence-corrected chi connectivity index (χ2v) is 6.67. The first-order valence-electron chi connectivity index (χ1n) is 8.49. The number of aromatic nitrogens is 3. The van der Waals surface area contributed by atoms with Gasteiger partial charge in [-0.3, -0.25) is 9.67 Å². The third kappa shape index (κ3) is 2.82. The Hall–Kier alpha value is -1.63. The third-order valence-electron chi connectivity index (χ3n) is 5.50. The molecule has 0 bridgehead atoms. The maximum absolute atomic E-state index is 5.93. The molecule has 1 aromatic heterocycles. The zero-order chi connectivity index (χ0) is 16.4. The van der Waals surface area contributed by atoms with Crippen molar-refractivity contribution in [2.75, 3.05) is 20.7 Å². The number of hydrogen-bond acceptors (Lipinski definition) is 4. The van der Waals surface area contributed by atoms with Gasteiger partial charge in [0.05, 0.1) is 12.6 Å². The van der Waals surface area contributed by atoms with Crippen LogP contribution < -0.4 is 5.32 Å². The second kappa shape index (κ2) is 6.47. The van der Waals surface area contributed by atoms with Crippen molar-refractivity contribution < 1.29 is 4.74 Å². The van der Waals surface area contributed by atoms with E-state index in [9.17, 15) is 0 Å². The first-order chi connectivity index (χ1) is 11.1. The fourth-order valence-electron chi connectivity index (χ4n) is 3.89. The van der Waals surface area contributed by atoms with Gasteiger partial charge in [-0.2, -0.15) is 5.10 Å². The highest BCUT2D eigenvalue weighted by molar-refractivity contribution is 5.80. The van der Waals surface area contributed by atoms with E-state index in [-0.39, 0.29) is 0 Å². The Balaban J connectivity index is 1.61. The first kappa shape index (κ1) is 16.2. The van der Waals surface area contributed by atoms with E-state index in [1.807, 2.05) is 21.1 Å². The summed E-state index contributed by atoms with van der Waals surface area (Å²) in [6, 6.07) is 0.466. The molecule has 7 heteroatoms. The summed E-state index contributed by atoms with van der Waals surface area (Å²) in [5.41, 5.74) is 0.331. The lowest BCUT2D eigenvalue weighted by Gasteiger charge is -2.61. The van der Waals surface area contributed by atoms with E-state index in [1.54, 1.807) is 11.0 Å². The molecule has 128 valence electrons. The van der Waals surface area contributed by atoms with Crippen LogP contribution in [-0.2, 0) is 18.3 Å². The lowest BCUT2D eigenvalue weighted by molar-refractivity contribution is -0.168. The summed E-state index contributed by atoms with van der Waals surface area (Å²) in [7, 11) is 5.78. The molecule has 0 amide bonds. The highest BCUT2D eigenvalue weighted by atomic mass is 16.5. The molecule has 2 aliphatic rings. The van der Waals surface area contributed by atoms with E-state index < -0.39 is 0 Å². The molecule has 0 aliphatic heterocycles. The van der Waals surface area contributed by atoms with Crippen LogP contribution in [0, 0.1) is 5.41 Å². The van der Waals surface area contributed by atoms with Crippen LogP contribution >= 0.6 is 0 Å². The predicted octanol–water partition coefficient (Wildman–Crippen LogP) is 1.17. The second-order valence-electron chi connectivity index (χ2n) is 6.67. The van der Waals surface area contributed by atoms with Gasteiger partial charge in [-0.15, -0.1) is 0 Å². The van der Waals surface area contributed by atoms with Crippen LogP contribution in [0.3, 0.4) is 0 Å². The van der Waals surface area contributed by atoms with Gasteiger partial charge in [-0.05, 0) is 26.2 Å². The van der Waals surface area contributed by atoms with Gasteiger partial charge in [-0.1, -0.05) is 6.42 Å². The number of aliphatic imine (C=N–C) groups is 1. The molecule has 2 unspecified atom stereocenters. The summed E-state index contributed by atoms with van der Waals surface area (Å²) in [6.45, 7) is 3.57. The Kier molecular flexibility index (Phi) is 4.57. The molecule has 1 spiro atoms. The number of nitrogens with one attached hydrogen (secondary N) is 1. The quantitative estimate of drug-likeness (QED) is 0.651. The molecule has 0 saturated heterocycles. The maximum atomic E-state index is 5.93. The molecule has 1 aromatic rings. The molecule has 2 atom stereocenters. The zero-order valence-electron chi connectivity index (χ0n) is 14.6. The standard InChI is InChI=1S/C16H28N6O/c1-5-23-13-9-12(16(13)7-6-8-16)20-15(17-2)21(3)10-14-18-11-19-22(14)4/h11-13H,5-10H2,1-4H3,(H,17,20).